The predicted molar refractivity (Wildman–Crippen MR) is 52.9 cm³/mol. The van der Waals surface area contributed by atoms with Crippen LogP contribution in [0.4, 0.5) is 5.69 Å². The van der Waals surface area contributed by atoms with Gasteiger partial charge in [0.2, 0.25) is 0 Å². The number of nitrogens with one attached hydrogen (secondary N) is 1. The lowest BCUT2D eigenvalue weighted by molar-refractivity contribution is 0.0311. The van der Waals surface area contributed by atoms with Crippen molar-refractivity contribution in [2.75, 3.05) is 5.73 Å². The predicted octanol–water partition coefficient (Wildman–Crippen LogP) is 1.70. The van der Waals surface area contributed by atoms with E-state index in [9.17, 15) is 4.79 Å². The lowest BCUT2D eigenvalue weighted by Gasteiger charge is -2.09. The van der Waals surface area contributed by atoms with E-state index in [0.717, 1.165) is 25.7 Å². The summed E-state index contributed by atoms with van der Waals surface area (Å²) in [6.45, 7) is 0. The third-order valence-corrected chi connectivity index (χ3v) is 2.50. The summed E-state index contributed by atoms with van der Waals surface area (Å²) in [6.07, 6.45) is 5.98. The number of carbonyl (C=O) groups is 1. The lowest BCUT2D eigenvalue weighted by Crippen LogP contribution is -2.14. The summed E-state index contributed by atoms with van der Waals surface area (Å²) in [6, 6.07) is 1.59. The van der Waals surface area contributed by atoms with E-state index < -0.39 is 0 Å². The van der Waals surface area contributed by atoms with Crippen LogP contribution >= 0.6 is 0 Å². The molecule has 1 heterocycles. The SMILES string of the molecule is Nc1c[nH]c(C(=O)OC2CCCC2)c1. The Hall–Kier alpha value is -1.45. The van der Waals surface area contributed by atoms with Crippen LogP contribution in [-0.2, 0) is 4.74 Å². The second-order valence-corrected chi connectivity index (χ2v) is 3.66. The summed E-state index contributed by atoms with van der Waals surface area (Å²) in [5.41, 5.74) is 6.48. The van der Waals surface area contributed by atoms with Gasteiger partial charge in [-0.1, -0.05) is 0 Å². The molecule has 4 nitrogen and oxygen atoms in total. The molecule has 14 heavy (non-hydrogen) atoms. The monoisotopic (exact) mass is 194 g/mol. The Labute approximate surface area is 82.4 Å². The van der Waals surface area contributed by atoms with E-state index in [1.807, 2.05) is 0 Å². The maximum Gasteiger partial charge on any atom is 0.355 e. The highest BCUT2D eigenvalue weighted by Crippen LogP contribution is 2.22. The summed E-state index contributed by atoms with van der Waals surface area (Å²) in [5, 5.41) is 0. The van der Waals surface area contributed by atoms with Gasteiger partial charge in [-0.3, -0.25) is 0 Å². The zero-order valence-electron chi connectivity index (χ0n) is 7.95. The Balaban J connectivity index is 1.95. The largest absolute Gasteiger partial charge is 0.458 e. The fourth-order valence-electron chi connectivity index (χ4n) is 1.75. The molecule has 0 radical (unpaired) electrons. The van der Waals surface area contributed by atoms with Crippen molar-refractivity contribution in [1.82, 2.24) is 4.98 Å². The van der Waals surface area contributed by atoms with Crippen LogP contribution in [0.15, 0.2) is 12.3 Å². The second-order valence-electron chi connectivity index (χ2n) is 3.66. The molecule has 1 aliphatic rings. The van der Waals surface area contributed by atoms with Crippen molar-refractivity contribution in [2.24, 2.45) is 0 Å². The zero-order chi connectivity index (χ0) is 9.97. The molecule has 1 aromatic heterocycles. The molecule has 0 amide bonds. The number of carbonyl (C=O) groups excluding carboxylic acids is 1. The Morgan fingerprint density at radius 1 is 1.50 bits per heavy atom. The number of H-pyrrole nitrogens is 1. The van der Waals surface area contributed by atoms with Crippen LogP contribution in [0.3, 0.4) is 0 Å². The minimum Gasteiger partial charge on any atom is -0.458 e. The lowest BCUT2D eigenvalue weighted by atomic mass is 10.3. The van der Waals surface area contributed by atoms with Gasteiger partial charge in [-0.25, -0.2) is 4.79 Å². The zero-order valence-corrected chi connectivity index (χ0v) is 7.95. The fourth-order valence-corrected chi connectivity index (χ4v) is 1.75. The van der Waals surface area contributed by atoms with Gasteiger partial charge in [-0.2, -0.15) is 0 Å². The number of anilines is 1. The maximum atomic E-state index is 11.5. The molecular weight excluding hydrogens is 180 g/mol. The van der Waals surface area contributed by atoms with Crippen molar-refractivity contribution in [2.45, 2.75) is 31.8 Å². The quantitative estimate of drug-likeness (QED) is 0.704. The molecule has 0 bridgehead atoms. The van der Waals surface area contributed by atoms with Crippen LogP contribution in [-0.4, -0.2) is 17.1 Å². The normalized spacial score (nSPS) is 17.1. The highest BCUT2D eigenvalue weighted by molar-refractivity contribution is 5.88. The second kappa shape index (κ2) is 3.74. The van der Waals surface area contributed by atoms with Gasteiger partial charge >= 0.3 is 5.97 Å². The Bertz CT molecular complexity index is 327. The molecule has 1 aromatic rings. The third kappa shape index (κ3) is 1.89. The Morgan fingerprint density at radius 3 is 2.79 bits per heavy atom. The summed E-state index contributed by atoms with van der Waals surface area (Å²) in [5.74, 6) is -0.298. The van der Waals surface area contributed by atoms with Gasteiger partial charge < -0.3 is 15.5 Å². The number of hydrogen-bond donors (Lipinski definition) is 2. The number of nitrogen functional groups attached to an aromatic ring is 1. The smallest absolute Gasteiger partial charge is 0.355 e. The molecule has 0 atom stereocenters. The Kier molecular flexibility index (Phi) is 2.43. The molecule has 0 aromatic carbocycles. The summed E-state index contributed by atoms with van der Waals surface area (Å²) in [4.78, 5) is 14.3. The topological polar surface area (TPSA) is 68.1 Å². The van der Waals surface area contributed by atoms with Crippen LogP contribution in [0.2, 0.25) is 0 Å². The fraction of sp³-hybridized carbons (Fsp3) is 0.500. The third-order valence-electron chi connectivity index (χ3n) is 2.50. The van der Waals surface area contributed by atoms with Gasteiger partial charge in [0.25, 0.3) is 0 Å². The van der Waals surface area contributed by atoms with Gasteiger partial charge in [0, 0.05) is 6.20 Å². The van der Waals surface area contributed by atoms with Crippen LogP contribution in [0.25, 0.3) is 0 Å². The molecular formula is C10H14N2O2. The number of esters is 1. The molecule has 1 saturated carbocycles. The molecule has 76 valence electrons. The number of aromatic nitrogens is 1. The van der Waals surface area contributed by atoms with E-state index in [4.69, 9.17) is 10.5 Å². The van der Waals surface area contributed by atoms with E-state index in [-0.39, 0.29) is 12.1 Å². The maximum absolute atomic E-state index is 11.5. The van der Waals surface area contributed by atoms with Gasteiger partial charge in [0.1, 0.15) is 11.8 Å². The highest BCUT2D eigenvalue weighted by atomic mass is 16.5. The molecule has 4 heteroatoms. The first-order valence-electron chi connectivity index (χ1n) is 4.90. The standard InChI is InChI=1S/C10H14N2O2/c11-7-5-9(12-6-7)10(13)14-8-3-1-2-4-8/h5-6,8,12H,1-4,11H2. The minimum atomic E-state index is -0.298. The summed E-state index contributed by atoms with van der Waals surface area (Å²) in [7, 11) is 0. The number of ether oxygens (including phenoxy) is 1. The van der Waals surface area contributed by atoms with Gasteiger partial charge in [0.05, 0.1) is 5.69 Å². The van der Waals surface area contributed by atoms with E-state index in [1.54, 1.807) is 12.3 Å². The summed E-state index contributed by atoms with van der Waals surface area (Å²) < 4.78 is 5.28. The van der Waals surface area contributed by atoms with Crippen molar-refractivity contribution in [1.29, 1.82) is 0 Å². The number of hydrogen-bond acceptors (Lipinski definition) is 3. The van der Waals surface area contributed by atoms with E-state index >= 15 is 0 Å². The van der Waals surface area contributed by atoms with E-state index in [2.05, 4.69) is 4.98 Å². The molecule has 1 fully saturated rings. The first-order valence-corrected chi connectivity index (χ1v) is 4.90. The van der Waals surface area contributed by atoms with Crippen molar-refractivity contribution >= 4 is 11.7 Å². The number of nitrogens with two attached hydrogens (primary N) is 1. The average molecular weight is 194 g/mol. The molecule has 3 N–H and O–H groups in total. The van der Waals surface area contributed by atoms with Gasteiger partial charge in [0.15, 0.2) is 0 Å². The van der Waals surface area contributed by atoms with Crippen LogP contribution in [0.1, 0.15) is 36.2 Å². The van der Waals surface area contributed by atoms with Crippen LogP contribution in [0.5, 0.6) is 0 Å². The number of rotatable bonds is 2. The minimum absolute atomic E-state index is 0.104. The first kappa shape index (κ1) is 9.12. The van der Waals surface area contributed by atoms with Gasteiger partial charge in [-0.05, 0) is 31.7 Å². The number of aromatic amines is 1. The summed E-state index contributed by atoms with van der Waals surface area (Å²) >= 11 is 0. The molecule has 0 spiro atoms. The van der Waals surface area contributed by atoms with Gasteiger partial charge in [-0.15, -0.1) is 0 Å². The van der Waals surface area contributed by atoms with E-state index in [0.29, 0.717) is 11.4 Å². The molecule has 1 aliphatic carbocycles. The highest BCUT2D eigenvalue weighted by Gasteiger charge is 2.20. The Morgan fingerprint density at radius 2 is 2.21 bits per heavy atom. The molecule has 0 unspecified atom stereocenters. The van der Waals surface area contributed by atoms with Crippen molar-refractivity contribution in [3.05, 3.63) is 18.0 Å². The average Bonchev–Trinajstić information content (AvgIpc) is 2.75. The van der Waals surface area contributed by atoms with Crippen molar-refractivity contribution in [3.63, 3.8) is 0 Å². The molecule has 2 rings (SSSR count). The molecule has 0 saturated heterocycles. The van der Waals surface area contributed by atoms with Crippen LogP contribution < -0.4 is 5.73 Å². The molecule has 0 aliphatic heterocycles. The van der Waals surface area contributed by atoms with E-state index in [1.165, 1.54) is 0 Å². The first-order chi connectivity index (χ1) is 6.75. The van der Waals surface area contributed by atoms with Crippen molar-refractivity contribution in [3.8, 4) is 0 Å². The van der Waals surface area contributed by atoms with Crippen molar-refractivity contribution < 1.29 is 9.53 Å². The van der Waals surface area contributed by atoms with Crippen LogP contribution in [0, 0.1) is 0 Å².